The maximum Gasteiger partial charge on any atom is 0.300 e. The predicted molar refractivity (Wildman–Crippen MR) is 51.9 cm³/mol. The highest BCUT2D eigenvalue weighted by Gasteiger charge is 1.95. The van der Waals surface area contributed by atoms with E-state index in [-0.39, 0.29) is 0 Å². The van der Waals surface area contributed by atoms with Crippen LogP contribution in [-0.2, 0) is 4.79 Å². The minimum atomic E-state index is -0.833. The van der Waals surface area contributed by atoms with Crippen LogP contribution in [0.15, 0.2) is 0 Å². The first-order valence-corrected chi connectivity index (χ1v) is 4.97. The second-order valence-corrected chi connectivity index (χ2v) is 5.64. The second-order valence-electron chi connectivity index (χ2n) is 3.00. The van der Waals surface area contributed by atoms with Crippen LogP contribution in [0.4, 0.5) is 0 Å². The molecule has 0 spiro atoms. The van der Waals surface area contributed by atoms with Crippen LogP contribution in [0.5, 0.6) is 0 Å². The number of hydrogen-bond donors (Lipinski definition) is 1. The highest BCUT2D eigenvalue weighted by atomic mass is 31.1. The van der Waals surface area contributed by atoms with Crippen LogP contribution in [0.3, 0.4) is 0 Å². The Balaban J connectivity index is 0. The summed E-state index contributed by atoms with van der Waals surface area (Å²) in [5.41, 5.74) is 1.81. The lowest BCUT2D eigenvalue weighted by atomic mass is 10.5. The van der Waals surface area contributed by atoms with Crippen molar-refractivity contribution in [2.75, 3.05) is 0 Å². The summed E-state index contributed by atoms with van der Waals surface area (Å²) < 4.78 is 0. The van der Waals surface area contributed by atoms with Gasteiger partial charge in [0.1, 0.15) is 0 Å². The molecule has 0 unspecified atom stereocenters. The van der Waals surface area contributed by atoms with Crippen molar-refractivity contribution in [3.8, 4) is 0 Å². The first kappa shape index (κ1) is 13.5. The van der Waals surface area contributed by atoms with Gasteiger partial charge in [-0.1, -0.05) is 27.7 Å². The number of carbonyl (C=O) groups is 1. The Bertz CT molecular complexity index is 90.3. The van der Waals surface area contributed by atoms with E-state index in [9.17, 15) is 0 Å². The molecule has 0 saturated carbocycles. The maximum atomic E-state index is 9.00. The van der Waals surface area contributed by atoms with Gasteiger partial charge in [-0.25, -0.2) is 0 Å². The Morgan fingerprint density at radius 2 is 1.36 bits per heavy atom. The molecule has 0 aliphatic carbocycles. The molecule has 0 amide bonds. The van der Waals surface area contributed by atoms with Gasteiger partial charge in [0.15, 0.2) is 0 Å². The second kappa shape index (κ2) is 8.00. The molecule has 11 heavy (non-hydrogen) atoms. The Kier molecular flexibility index (Phi) is 9.81. The van der Waals surface area contributed by atoms with E-state index in [0.717, 1.165) is 26.8 Å². The van der Waals surface area contributed by atoms with Crippen molar-refractivity contribution in [2.45, 2.75) is 45.9 Å². The molecule has 0 heterocycles. The fraction of sp³-hybridized carbons (Fsp3) is 0.875. The van der Waals surface area contributed by atoms with E-state index >= 15 is 0 Å². The number of aliphatic carboxylic acids is 1. The third kappa shape index (κ3) is 40.6. The Hall–Kier alpha value is -0.100. The van der Waals surface area contributed by atoms with Crippen molar-refractivity contribution in [3.05, 3.63) is 0 Å². The van der Waals surface area contributed by atoms with Crippen molar-refractivity contribution in [3.63, 3.8) is 0 Å². The van der Waals surface area contributed by atoms with Gasteiger partial charge in [-0.15, -0.1) is 8.58 Å². The highest BCUT2D eigenvalue weighted by Crippen LogP contribution is 2.23. The zero-order valence-electron chi connectivity index (χ0n) is 8.01. The largest absolute Gasteiger partial charge is 0.481 e. The molecule has 0 radical (unpaired) electrons. The van der Waals surface area contributed by atoms with Crippen LogP contribution in [0.2, 0.25) is 0 Å². The zero-order chi connectivity index (χ0) is 9.44. The van der Waals surface area contributed by atoms with Crippen LogP contribution in [0, 0.1) is 0 Å². The lowest BCUT2D eigenvalue weighted by Gasteiger charge is -2.06. The average molecular weight is 178 g/mol. The molecule has 1 N–H and O–H groups in total. The van der Waals surface area contributed by atoms with Gasteiger partial charge in [-0.05, 0) is 11.3 Å². The molecule has 3 heteroatoms. The van der Waals surface area contributed by atoms with E-state index in [1.54, 1.807) is 0 Å². The van der Waals surface area contributed by atoms with E-state index in [1.165, 1.54) is 0 Å². The normalized spacial score (nSPS) is 9.36. The highest BCUT2D eigenvalue weighted by molar-refractivity contribution is 7.39. The third-order valence-electron chi connectivity index (χ3n) is 0.667. The zero-order valence-corrected chi connectivity index (χ0v) is 9.01. The summed E-state index contributed by atoms with van der Waals surface area (Å²) in [4.78, 5) is 9.00. The summed E-state index contributed by atoms with van der Waals surface area (Å²) in [6.45, 7) is 10.2. The van der Waals surface area contributed by atoms with Crippen LogP contribution in [0.1, 0.15) is 34.6 Å². The summed E-state index contributed by atoms with van der Waals surface area (Å²) in [6.07, 6.45) is 0. The number of carboxylic acids is 1. The van der Waals surface area contributed by atoms with Gasteiger partial charge >= 0.3 is 0 Å². The van der Waals surface area contributed by atoms with Gasteiger partial charge in [0.25, 0.3) is 5.97 Å². The first-order chi connectivity index (χ1) is 4.86. The van der Waals surface area contributed by atoms with Crippen molar-refractivity contribution >= 4 is 14.6 Å². The SMILES string of the molecule is CC(=O)O.CC(C)PC(C)C. The molecular weight excluding hydrogens is 159 g/mol. The smallest absolute Gasteiger partial charge is 0.300 e. The molecule has 0 aliphatic rings. The van der Waals surface area contributed by atoms with E-state index in [4.69, 9.17) is 9.90 Å². The van der Waals surface area contributed by atoms with Crippen LogP contribution in [0.25, 0.3) is 0 Å². The summed E-state index contributed by atoms with van der Waals surface area (Å²) in [7, 11) is 1.15. The molecular formula is C8H19O2P. The molecule has 0 aliphatic heterocycles. The molecule has 0 saturated heterocycles. The maximum absolute atomic E-state index is 9.00. The van der Waals surface area contributed by atoms with Gasteiger partial charge in [0.05, 0.1) is 0 Å². The molecule has 0 aromatic carbocycles. The van der Waals surface area contributed by atoms with E-state index < -0.39 is 5.97 Å². The molecule has 0 atom stereocenters. The van der Waals surface area contributed by atoms with E-state index in [0.29, 0.717) is 0 Å². The summed E-state index contributed by atoms with van der Waals surface area (Å²) in [6, 6.07) is 0. The Morgan fingerprint density at radius 1 is 1.18 bits per heavy atom. The fourth-order valence-corrected chi connectivity index (χ4v) is 2.00. The summed E-state index contributed by atoms with van der Waals surface area (Å²) >= 11 is 0. The molecule has 0 aromatic rings. The number of rotatable bonds is 2. The lowest BCUT2D eigenvalue weighted by molar-refractivity contribution is -0.134. The molecule has 0 fully saturated rings. The summed E-state index contributed by atoms with van der Waals surface area (Å²) in [5.74, 6) is -0.833. The van der Waals surface area contributed by atoms with Crippen molar-refractivity contribution < 1.29 is 9.90 Å². The minimum absolute atomic E-state index is 0.833. The molecule has 68 valence electrons. The van der Waals surface area contributed by atoms with Crippen molar-refractivity contribution in [2.24, 2.45) is 0 Å². The average Bonchev–Trinajstić information content (AvgIpc) is 1.56. The molecule has 0 aromatic heterocycles. The predicted octanol–water partition coefficient (Wildman–Crippen LogP) is 2.57. The standard InChI is InChI=1S/C6H15P.C2H4O2/c1-5(2)7-6(3)4;1-2(3)4/h5-7H,1-4H3;1H3,(H,3,4). The molecule has 0 rings (SSSR count). The van der Waals surface area contributed by atoms with E-state index in [2.05, 4.69) is 27.7 Å². The lowest BCUT2D eigenvalue weighted by Crippen LogP contribution is -1.90. The third-order valence-corrected chi connectivity index (χ3v) is 2.00. The van der Waals surface area contributed by atoms with Crippen LogP contribution < -0.4 is 0 Å². The topological polar surface area (TPSA) is 37.3 Å². The Labute approximate surface area is 71.2 Å². The van der Waals surface area contributed by atoms with Crippen molar-refractivity contribution in [1.82, 2.24) is 0 Å². The van der Waals surface area contributed by atoms with E-state index in [1.807, 2.05) is 0 Å². The number of hydrogen-bond acceptors (Lipinski definition) is 1. The van der Waals surface area contributed by atoms with Crippen LogP contribution in [-0.4, -0.2) is 22.4 Å². The molecule has 0 bridgehead atoms. The Morgan fingerprint density at radius 3 is 1.36 bits per heavy atom. The quantitative estimate of drug-likeness (QED) is 0.660. The van der Waals surface area contributed by atoms with Gasteiger partial charge in [0, 0.05) is 6.92 Å². The minimum Gasteiger partial charge on any atom is -0.481 e. The van der Waals surface area contributed by atoms with Crippen LogP contribution >= 0.6 is 8.58 Å². The van der Waals surface area contributed by atoms with Crippen molar-refractivity contribution in [1.29, 1.82) is 0 Å². The van der Waals surface area contributed by atoms with Gasteiger partial charge in [0.2, 0.25) is 0 Å². The van der Waals surface area contributed by atoms with Gasteiger partial charge in [-0.2, -0.15) is 0 Å². The fourth-order valence-electron chi connectivity index (χ4n) is 0.667. The molecule has 2 nitrogen and oxygen atoms in total. The van der Waals surface area contributed by atoms with Gasteiger partial charge < -0.3 is 5.11 Å². The summed E-state index contributed by atoms with van der Waals surface area (Å²) in [5, 5.41) is 7.42. The van der Waals surface area contributed by atoms with Gasteiger partial charge in [-0.3, -0.25) is 4.79 Å². The monoisotopic (exact) mass is 178 g/mol. The first-order valence-electron chi connectivity index (χ1n) is 3.81. The number of carboxylic acid groups (broad SMARTS) is 1.